The molecule has 1 N–H and O–H groups in total. The van der Waals surface area contributed by atoms with Crippen LogP contribution in [0.25, 0.3) is 16.9 Å². The van der Waals surface area contributed by atoms with Gasteiger partial charge in [-0.05, 0) is 50.6 Å². The highest BCUT2D eigenvalue weighted by Crippen LogP contribution is 2.34. The molecule has 5 nitrogen and oxygen atoms in total. The lowest BCUT2D eigenvalue weighted by atomic mass is 10.1. The van der Waals surface area contributed by atoms with Gasteiger partial charge in [0.15, 0.2) is 5.82 Å². The average molecular weight is 322 g/mol. The number of hydrogen-bond donors (Lipinski definition) is 1. The SMILES string of the molecule is CCN(CC)c1ccc(-c2c(C)nn(-c3ccccn3)c2O)cc1. The maximum atomic E-state index is 10.6. The van der Waals surface area contributed by atoms with Gasteiger partial charge in [0.25, 0.3) is 0 Å². The molecule has 0 atom stereocenters. The summed E-state index contributed by atoms with van der Waals surface area (Å²) in [6.45, 7) is 8.12. The first-order valence-electron chi connectivity index (χ1n) is 8.21. The molecular formula is C19H22N4O. The number of benzene rings is 1. The Morgan fingerprint density at radius 3 is 2.33 bits per heavy atom. The summed E-state index contributed by atoms with van der Waals surface area (Å²) in [5, 5.41) is 15.1. The molecule has 3 aromatic rings. The van der Waals surface area contributed by atoms with Crippen LogP contribution >= 0.6 is 0 Å². The van der Waals surface area contributed by atoms with Gasteiger partial charge in [0, 0.05) is 25.0 Å². The van der Waals surface area contributed by atoms with Crippen molar-refractivity contribution in [2.24, 2.45) is 0 Å². The van der Waals surface area contributed by atoms with E-state index in [0.717, 1.165) is 29.9 Å². The van der Waals surface area contributed by atoms with Crippen LogP contribution in [-0.2, 0) is 0 Å². The molecular weight excluding hydrogens is 300 g/mol. The zero-order valence-corrected chi connectivity index (χ0v) is 14.3. The maximum absolute atomic E-state index is 10.6. The summed E-state index contributed by atoms with van der Waals surface area (Å²) in [4.78, 5) is 6.54. The van der Waals surface area contributed by atoms with Crippen molar-refractivity contribution in [3.63, 3.8) is 0 Å². The number of aromatic nitrogens is 3. The predicted molar refractivity (Wildman–Crippen MR) is 96.8 cm³/mol. The second-order valence-electron chi connectivity index (χ2n) is 5.60. The van der Waals surface area contributed by atoms with Crippen LogP contribution in [0, 0.1) is 6.92 Å². The highest BCUT2D eigenvalue weighted by atomic mass is 16.3. The topological polar surface area (TPSA) is 54.2 Å². The first-order chi connectivity index (χ1) is 11.7. The summed E-state index contributed by atoms with van der Waals surface area (Å²) in [7, 11) is 0. The van der Waals surface area contributed by atoms with Gasteiger partial charge in [0.05, 0.1) is 11.3 Å². The van der Waals surface area contributed by atoms with Gasteiger partial charge in [-0.2, -0.15) is 9.78 Å². The lowest BCUT2D eigenvalue weighted by Gasteiger charge is -2.21. The first-order valence-corrected chi connectivity index (χ1v) is 8.21. The second-order valence-corrected chi connectivity index (χ2v) is 5.60. The largest absolute Gasteiger partial charge is 0.493 e. The minimum absolute atomic E-state index is 0.113. The van der Waals surface area contributed by atoms with Gasteiger partial charge in [-0.25, -0.2) is 4.98 Å². The van der Waals surface area contributed by atoms with Crippen molar-refractivity contribution in [3.8, 4) is 22.8 Å². The number of pyridine rings is 1. The third-order valence-corrected chi connectivity index (χ3v) is 4.19. The van der Waals surface area contributed by atoms with Crippen molar-refractivity contribution < 1.29 is 5.11 Å². The molecule has 0 unspecified atom stereocenters. The fraction of sp³-hybridized carbons (Fsp3) is 0.263. The van der Waals surface area contributed by atoms with Crippen molar-refractivity contribution in [1.82, 2.24) is 14.8 Å². The van der Waals surface area contributed by atoms with Crippen molar-refractivity contribution >= 4 is 5.69 Å². The Kier molecular flexibility index (Phi) is 4.51. The van der Waals surface area contributed by atoms with E-state index in [1.807, 2.05) is 37.3 Å². The highest BCUT2D eigenvalue weighted by Gasteiger charge is 2.18. The number of rotatable bonds is 5. The standard InChI is InChI=1S/C19H22N4O/c1-4-22(5-2)16-11-9-15(10-12-16)18-14(3)21-23(19(18)24)17-8-6-7-13-20-17/h6-13,24H,4-5H2,1-3H3. The Balaban J connectivity index is 2.00. The van der Waals surface area contributed by atoms with Crippen molar-refractivity contribution in [2.45, 2.75) is 20.8 Å². The summed E-state index contributed by atoms with van der Waals surface area (Å²) in [6.07, 6.45) is 1.68. The number of anilines is 1. The van der Waals surface area contributed by atoms with E-state index in [1.165, 1.54) is 10.4 Å². The number of aromatic hydroxyl groups is 1. The lowest BCUT2D eigenvalue weighted by molar-refractivity contribution is 0.433. The molecule has 0 aliphatic heterocycles. The molecule has 2 aromatic heterocycles. The first kappa shape index (κ1) is 16.1. The Bertz CT molecular complexity index is 805. The molecule has 0 radical (unpaired) electrons. The number of nitrogens with zero attached hydrogens (tertiary/aromatic N) is 4. The summed E-state index contributed by atoms with van der Waals surface area (Å²) < 4.78 is 1.48. The van der Waals surface area contributed by atoms with Crippen molar-refractivity contribution in [1.29, 1.82) is 0 Å². The van der Waals surface area contributed by atoms with Crippen LogP contribution in [0.5, 0.6) is 5.88 Å². The molecule has 1 aromatic carbocycles. The van der Waals surface area contributed by atoms with E-state index < -0.39 is 0 Å². The average Bonchev–Trinajstić information content (AvgIpc) is 2.92. The third kappa shape index (κ3) is 2.85. The van der Waals surface area contributed by atoms with Crippen LogP contribution in [0.1, 0.15) is 19.5 Å². The van der Waals surface area contributed by atoms with Gasteiger partial charge >= 0.3 is 0 Å². The normalized spacial score (nSPS) is 10.8. The number of hydrogen-bond acceptors (Lipinski definition) is 4. The van der Waals surface area contributed by atoms with Crippen molar-refractivity contribution in [3.05, 3.63) is 54.4 Å². The summed E-state index contributed by atoms with van der Waals surface area (Å²) >= 11 is 0. The molecule has 0 bridgehead atoms. The maximum Gasteiger partial charge on any atom is 0.223 e. The molecule has 0 saturated heterocycles. The molecule has 5 heteroatoms. The van der Waals surface area contributed by atoms with E-state index in [0.29, 0.717) is 5.82 Å². The Labute approximate surface area is 142 Å². The van der Waals surface area contributed by atoms with E-state index in [2.05, 4.69) is 41.0 Å². The van der Waals surface area contributed by atoms with Crippen LogP contribution in [-0.4, -0.2) is 33.0 Å². The predicted octanol–water partition coefficient (Wildman–Crippen LogP) is 3.79. The van der Waals surface area contributed by atoms with Crippen LogP contribution in [0.15, 0.2) is 48.7 Å². The van der Waals surface area contributed by atoms with Crippen molar-refractivity contribution in [2.75, 3.05) is 18.0 Å². The van der Waals surface area contributed by atoms with Crippen LogP contribution < -0.4 is 4.90 Å². The van der Waals surface area contributed by atoms with E-state index in [-0.39, 0.29) is 5.88 Å². The van der Waals surface area contributed by atoms with Gasteiger partial charge in [0.2, 0.25) is 5.88 Å². The molecule has 0 amide bonds. The fourth-order valence-electron chi connectivity index (χ4n) is 2.92. The fourth-order valence-corrected chi connectivity index (χ4v) is 2.92. The third-order valence-electron chi connectivity index (χ3n) is 4.19. The van der Waals surface area contributed by atoms with E-state index in [9.17, 15) is 5.11 Å². The minimum atomic E-state index is 0.113. The second kappa shape index (κ2) is 6.74. The molecule has 24 heavy (non-hydrogen) atoms. The molecule has 3 rings (SSSR count). The van der Waals surface area contributed by atoms with E-state index in [4.69, 9.17) is 0 Å². The monoisotopic (exact) mass is 322 g/mol. The smallest absolute Gasteiger partial charge is 0.223 e. The van der Waals surface area contributed by atoms with Gasteiger partial charge in [0.1, 0.15) is 0 Å². The zero-order valence-electron chi connectivity index (χ0n) is 14.3. The van der Waals surface area contributed by atoms with Crippen LogP contribution in [0.4, 0.5) is 5.69 Å². The van der Waals surface area contributed by atoms with E-state index in [1.54, 1.807) is 6.20 Å². The summed E-state index contributed by atoms with van der Waals surface area (Å²) in [5.74, 6) is 0.714. The Morgan fingerprint density at radius 1 is 1.04 bits per heavy atom. The lowest BCUT2D eigenvalue weighted by Crippen LogP contribution is -2.21. The quantitative estimate of drug-likeness (QED) is 0.776. The summed E-state index contributed by atoms with van der Waals surface area (Å²) in [6, 6.07) is 13.7. The molecule has 0 fully saturated rings. The molecule has 0 aliphatic carbocycles. The Morgan fingerprint density at radius 2 is 1.75 bits per heavy atom. The van der Waals surface area contributed by atoms with E-state index >= 15 is 0 Å². The van der Waals surface area contributed by atoms with Gasteiger partial charge in [-0.1, -0.05) is 18.2 Å². The molecule has 0 saturated carbocycles. The molecule has 0 aliphatic rings. The molecule has 2 heterocycles. The summed E-state index contributed by atoms with van der Waals surface area (Å²) in [5.41, 5.74) is 3.64. The molecule has 0 spiro atoms. The number of aryl methyl sites for hydroxylation is 1. The van der Waals surface area contributed by atoms with Gasteiger partial charge in [-0.3, -0.25) is 0 Å². The van der Waals surface area contributed by atoms with Gasteiger partial charge in [-0.15, -0.1) is 0 Å². The van der Waals surface area contributed by atoms with Crippen LogP contribution in [0.3, 0.4) is 0 Å². The van der Waals surface area contributed by atoms with Gasteiger partial charge < -0.3 is 10.0 Å². The molecule has 124 valence electrons. The zero-order chi connectivity index (χ0) is 17.1. The Hall–Kier alpha value is -2.82. The minimum Gasteiger partial charge on any atom is -0.493 e. The highest BCUT2D eigenvalue weighted by molar-refractivity contribution is 5.73. The van der Waals surface area contributed by atoms with Crippen LogP contribution in [0.2, 0.25) is 0 Å².